The van der Waals surface area contributed by atoms with Crippen LogP contribution in [0.2, 0.25) is 0 Å². The van der Waals surface area contributed by atoms with Crippen molar-refractivity contribution in [2.24, 2.45) is 0 Å². The van der Waals surface area contributed by atoms with Gasteiger partial charge in [0.05, 0.1) is 22.4 Å². The van der Waals surface area contributed by atoms with Crippen LogP contribution in [0.5, 0.6) is 17.2 Å². The van der Waals surface area contributed by atoms with Crippen molar-refractivity contribution in [1.82, 2.24) is 10.3 Å². The molecule has 2 aromatic heterocycles. The van der Waals surface area contributed by atoms with Crippen molar-refractivity contribution in [3.63, 3.8) is 0 Å². The largest absolute Gasteiger partial charge is 0.507 e. The average molecular weight is 609 g/mol. The van der Waals surface area contributed by atoms with Crippen molar-refractivity contribution in [1.29, 1.82) is 0 Å². The number of fused-ring (bicyclic) bond motifs is 3. The normalized spacial score (nSPS) is 13.2. The number of ether oxygens (including phenoxy) is 2. The van der Waals surface area contributed by atoms with Gasteiger partial charge in [0.2, 0.25) is 0 Å². The molecule has 1 aliphatic heterocycles. The van der Waals surface area contributed by atoms with E-state index in [1.807, 2.05) is 24.3 Å². The van der Waals surface area contributed by atoms with Gasteiger partial charge in [-0.15, -0.1) is 0 Å². The summed E-state index contributed by atoms with van der Waals surface area (Å²) in [5.41, 5.74) is 1.70. The molecule has 45 heavy (non-hydrogen) atoms. The van der Waals surface area contributed by atoms with Gasteiger partial charge in [0.15, 0.2) is 23.1 Å². The third kappa shape index (κ3) is 4.94. The summed E-state index contributed by atoms with van der Waals surface area (Å²) in [7, 11) is 0. The van der Waals surface area contributed by atoms with Gasteiger partial charge in [-0.05, 0) is 48.4 Å². The fourth-order valence-corrected chi connectivity index (χ4v) is 5.99. The first-order chi connectivity index (χ1) is 21.9. The summed E-state index contributed by atoms with van der Waals surface area (Å²) in [6.07, 6.45) is 0.241. The second kappa shape index (κ2) is 11.5. The van der Waals surface area contributed by atoms with E-state index in [1.54, 1.807) is 42.5 Å². The third-order valence-corrected chi connectivity index (χ3v) is 8.01. The molecule has 0 saturated carbocycles. The third-order valence-electron chi connectivity index (χ3n) is 8.01. The molecule has 0 radical (unpaired) electrons. The van der Waals surface area contributed by atoms with Gasteiger partial charge in [-0.2, -0.15) is 0 Å². The Morgan fingerprint density at radius 1 is 0.911 bits per heavy atom. The lowest BCUT2D eigenvalue weighted by atomic mass is 9.84. The molecule has 226 valence electrons. The second-order valence-corrected chi connectivity index (χ2v) is 10.6. The molecule has 4 aromatic carbocycles. The molecule has 1 aliphatic rings. The molecule has 10 heteroatoms. The Kier molecular flexibility index (Phi) is 7.17. The van der Waals surface area contributed by atoms with E-state index in [0.29, 0.717) is 34.7 Å². The highest BCUT2D eigenvalue weighted by atomic mass is 19.2. The molecule has 8 nitrogen and oxygen atoms in total. The molecule has 1 atom stereocenters. The lowest BCUT2D eigenvalue weighted by molar-refractivity contribution is 0.0949. The highest BCUT2D eigenvalue weighted by Crippen LogP contribution is 2.46. The molecule has 0 spiro atoms. The summed E-state index contributed by atoms with van der Waals surface area (Å²) in [5.74, 6) is -3.33. The van der Waals surface area contributed by atoms with E-state index >= 15 is 0 Å². The predicted molar refractivity (Wildman–Crippen MR) is 163 cm³/mol. The van der Waals surface area contributed by atoms with Crippen LogP contribution in [0.4, 0.5) is 8.78 Å². The summed E-state index contributed by atoms with van der Waals surface area (Å²) < 4.78 is 45.7. The van der Waals surface area contributed by atoms with Gasteiger partial charge in [-0.25, -0.2) is 13.6 Å². The van der Waals surface area contributed by atoms with Crippen LogP contribution in [-0.4, -0.2) is 35.8 Å². The van der Waals surface area contributed by atoms with Crippen molar-refractivity contribution < 1.29 is 32.6 Å². The Balaban J connectivity index is 1.39. The molecule has 7 rings (SSSR count). The maximum Gasteiger partial charge on any atom is 0.344 e. The maximum absolute atomic E-state index is 14.3. The van der Waals surface area contributed by atoms with Crippen molar-refractivity contribution in [2.75, 3.05) is 19.8 Å². The van der Waals surface area contributed by atoms with Crippen LogP contribution in [0, 0.1) is 11.6 Å². The van der Waals surface area contributed by atoms with Gasteiger partial charge in [0.25, 0.3) is 5.91 Å². The van der Waals surface area contributed by atoms with Gasteiger partial charge in [0.1, 0.15) is 24.5 Å². The number of aromatic hydroxyl groups is 1. The minimum Gasteiger partial charge on any atom is -0.507 e. The topological polar surface area (TPSA) is 114 Å². The van der Waals surface area contributed by atoms with E-state index in [1.165, 1.54) is 12.1 Å². The Bertz CT molecular complexity index is 2150. The minimum atomic E-state index is -1.22. The zero-order valence-electron chi connectivity index (χ0n) is 23.7. The molecule has 0 aliphatic carbocycles. The van der Waals surface area contributed by atoms with Crippen LogP contribution < -0.4 is 20.4 Å². The first kappa shape index (κ1) is 28.1. The molecule has 3 heterocycles. The molecule has 6 aromatic rings. The van der Waals surface area contributed by atoms with Gasteiger partial charge in [0, 0.05) is 28.7 Å². The van der Waals surface area contributed by atoms with Crippen LogP contribution >= 0.6 is 0 Å². The number of carbonyl (C=O) groups excluding carboxylic acids is 1. The van der Waals surface area contributed by atoms with Crippen LogP contribution in [-0.2, 0) is 6.42 Å². The summed E-state index contributed by atoms with van der Waals surface area (Å²) >= 11 is 0. The van der Waals surface area contributed by atoms with E-state index in [2.05, 4.69) is 10.3 Å². The molecule has 0 saturated heterocycles. The number of carbonyl (C=O) groups is 1. The van der Waals surface area contributed by atoms with Crippen molar-refractivity contribution >= 4 is 27.8 Å². The number of aromatic amines is 1. The number of hydrogen-bond acceptors (Lipinski definition) is 6. The van der Waals surface area contributed by atoms with E-state index in [4.69, 9.17) is 13.9 Å². The molecule has 3 N–H and O–H groups in total. The zero-order chi connectivity index (χ0) is 31.1. The summed E-state index contributed by atoms with van der Waals surface area (Å²) in [6.45, 7) is 0.701. The number of para-hydroxylation sites is 3. The highest BCUT2D eigenvalue weighted by molar-refractivity contribution is 5.94. The number of halogens is 2. The molecule has 0 bridgehead atoms. The Hall–Kier alpha value is -5.64. The van der Waals surface area contributed by atoms with Crippen LogP contribution in [0.3, 0.4) is 0 Å². The predicted octanol–water partition coefficient (Wildman–Crippen LogP) is 6.18. The highest BCUT2D eigenvalue weighted by Gasteiger charge is 2.34. The monoisotopic (exact) mass is 608 g/mol. The van der Waals surface area contributed by atoms with Crippen molar-refractivity contribution in [3.8, 4) is 17.2 Å². The van der Waals surface area contributed by atoms with E-state index in [9.17, 15) is 23.5 Å². The number of benzene rings is 4. The smallest absolute Gasteiger partial charge is 0.344 e. The number of H-pyrrole nitrogens is 1. The summed E-state index contributed by atoms with van der Waals surface area (Å²) in [4.78, 5) is 30.0. The van der Waals surface area contributed by atoms with Crippen molar-refractivity contribution in [3.05, 3.63) is 135 Å². The molecule has 0 fully saturated rings. The number of aromatic nitrogens is 1. The van der Waals surface area contributed by atoms with E-state index < -0.39 is 34.6 Å². The number of amides is 1. The first-order valence-electron chi connectivity index (χ1n) is 14.4. The quantitative estimate of drug-likeness (QED) is 0.187. The van der Waals surface area contributed by atoms with Gasteiger partial charge in [-0.3, -0.25) is 4.79 Å². The van der Waals surface area contributed by atoms with Gasteiger partial charge >= 0.3 is 5.63 Å². The lowest BCUT2D eigenvalue weighted by Gasteiger charge is -2.26. The summed E-state index contributed by atoms with van der Waals surface area (Å²) in [5, 5.41) is 15.5. The number of hydrogen-bond donors (Lipinski definition) is 3. The molecular weight excluding hydrogens is 582 g/mol. The Morgan fingerprint density at radius 3 is 2.53 bits per heavy atom. The fourth-order valence-electron chi connectivity index (χ4n) is 5.99. The SMILES string of the molecule is O=C(NCCc1c(C(c2cccc3c2OCCO3)c2c(O)c3ccccc3oc2=O)[nH]c2ccccc12)c1cccc(F)c1F. The number of nitrogens with one attached hydrogen (secondary N) is 2. The fraction of sp³-hybridized carbons (Fsp3) is 0.143. The van der Waals surface area contributed by atoms with Gasteiger partial charge < -0.3 is 29.3 Å². The lowest BCUT2D eigenvalue weighted by Crippen LogP contribution is -2.27. The summed E-state index contributed by atoms with van der Waals surface area (Å²) in [6, 6.07) is 23.0. The van der Waals surface area contributed by atoms with Crippen LogP contribution in [0.1, 0.15) is 38.7 Å². The zero-order valence-corrected chi connectivity index (χ0v) is 23.7. The van der Waals surface area contributed by atoms with E-state index in [0.717, 1.165) is 22.5 Å². The molecular formula is C35H26F2N2O6. The van der Waals surface area contributed by atoms with Crippen LogP contribution in [0.15, 0.2) is 94.1 Å². The number of rotatable bonds is 7. The molecule has 1 unspecified atom stereocenters. The first-order valence-corrected chi connectivity index (χ1v) is 14.4. The minimum absolute atomic E-state index is 0.00468. The van der Waals surface area contributed by atoms with Gasteiger partial charge in [-0.1, -0.05) is 48.5 Å². The standard InChI is InChI=1S/C35H26F2N2O6/c36-24-11-5-10-23(30(24)37)34(41)38-16-15-20-19-7-1-3-12-25(19)39-31(20)28(22-9-6-14-27-33(22)44-18-17-43-27)29-32(40)21-8-2-4-13-26(21)45-35(29)42/h1-14,28,39-40H,15-18H2,(H,38,41). The maximum atomic E-state index is 14.3. The Morgan fingerprint density at radius 2 is 1.67 bits per heavy atom. The Labute approximate surface area is 254 Å². The average Bonchev–Trinajstić information content (AvgIpc) is 3.42. The van der Waals surface area contributed by atoms with E-state index in [-0.39, 0.29) is 36.5 Å². The van der Waals surface area contributed by atoms with Crippen LogP contribution in [0.25, 0.3) is 21.9 Å². The second-order valence-electron chi connectivity index (χ2n) is 10.6. The van der Waals surface area contributed by atoms with Crippen molar-refractivity contribution in [2.45, 2.75) is 12.3 Å². The molecule has 1 amide bonds.